The van der Waals surface area contributed by atoms with Gasteiger partial charge in [0.15, 0.2) is 0 Å². The molecular formula is C20H29N3O2. The van der Waals surface area contributed by atoms with Gasteiger partial charge in [-0.3, -0.25) is 9.59 Å². The fraction of sp³-hybridized carbons (Fsp3) is 0.600. The van der Waals surface area contributed by atoms with Crippen LogP contribution in [0.4, 0.5) is 5.69 Å². The normalized spacial score (nSPS) is 20.0. The first kappa shape index (κ1) is 17.8. The van der Waals surface area contributed by atoms with E-state index in [0.717, 1.165) is 19.6 Å². The monoisotopic (exact) mass is 343 g/mol. The molecule has 1 aromatic rings. The van der Waals surface area contributed by atoms with Crippen molar-refractivity contribution in [3.05, 3.63) is 29.8 Å². The highest BCUT2D eigenvalue weighted by Gasteiger charge is 2.36. The Labute approximate surface area is 150 Å². The molecular weight excluding hydrogens is 314 g/mol. The predicted octanol–water partition coefficient (Wildman–Crippen LogP) is 2.20. The molecule has 3 rings (SSSR count). The van der Waals surface area contributed by atoms with Crippen LogP contribution in [0.2, 0.25) is 0 Å². The molecule has 1 aromatic carbocycles. The van der Waals surface area contributed by atoms with Crippen molar-refractivity contribution in [3.63, 3.8) is 0 Å². The number of hydrogen-bond donors (Lipinski definition) is 1. The molecule has 2 fully saturated rings. The number of amides is 2. The molecule has 5 nitrogen and oxygen atoms in total. The van der Waals surface area contributed by atoms with Crippen LogP contribution >= 0.6 is 0 Å². The average Bonchev–Trinajstić information content (AvgIpc) is 3.34. The van der Waals surface area contributed by atoms with Crippen molar-refractivity contribution in [3.8, 4) is 0 Å². The minimum atomic E-state index is -0.181. The van der Waals surface area contributed by atoms with Gasteiger partial charge in [-0.1, -0.05) is 18.2 Å². The van der Waals surface area contributed by atoms with Crippen LogP contribution < -0.4 is 10.2 Å². The predicted molar refractivity (Wildman–Crippen MR) is 99.5 cm³/mol. The maximum atomic E-state index is 12.4. The van der Waals surface area contributed by atoms with Crippen molar-refractivity contribution >= 4 is 17.5 Å². The maximum Gasteiger partial charge on any atom is 0.225 e. The number of para-hydroxylation sites is 1. The van der Waals surface area contributed by atoms with Crippen molar-refractivity contribution in [1.29, 1.82) is 0 Å². The van der Waals surface area contributed by atoms with E-state index in [0.29, 0.717) is 25.4 Å². The molecule has 1 N–H and O–H groups in total. The zero-order valence-corrected chi connectivity index (χ0v) is 15.3. The fourth-order valence-electron chi connectivity index (χ4n) is 3.56. The lowest BCUT2D eigenvalue weighted by Gasteiger charge is -2.25. The molecule has 0 radical (unpaired) electrons. The molecule has 5 heteroatoms. The molecule has 136 valence electrons. The number of likely N-dealkylation sites (tertiary alicyclic amines) is 1. The Morgan fingerprint density at radius 2 is 2.08 bits per heavy atom. The minimum Gasteiger partial charge on any atom is -0.370 e. The fourth-order valence-corrected chi connectivity index (χ4v) is 3.56. The second-order valence-electron chi connectivity index (χ2n) is 7.30. The zero-order valence-electron chi connectivity index (χ0n) is 15.3. The van der Waals surface area contributed by atoms with E-state index in [9.17, 15) is 9.59 Å². The number of carbonyl (C=O) groups is 2. The van der Waals surface area contributed by atoms with Gasteiger partial charge in [-0.15, -0.1) is 0 Å². The van der Waals surface area contributed by atoms with Crippen LogP contribution in [0.15, 0.2) is 24.3 Å². The highest BCUT2D eigenvalue weighted by molar-refractivity contribution is 5.89. The molecule has 1 aliphatic heterocycles. The Kier molecular flexibility index (Phi) is 5.61. The Bertz CT molecular complexity index is 627. The first-order chi connectivity index (χ1) is 12.1. The highest BCUT2D eigenvalue weighted by Crippen LogP contribution is 2.32. The van der Waals surface area contributed by atoms with Gasteiger partial charge in [0.25, 0.3) is 0 Å². The van der Waals surface area contributed by atoms with Crippen molar-refractivity contribution in [2.24, 2.45) is 11.8 Å². The van der Waals surface area contributed by atoms with E-state index in [2.05, 4.69) is 36.2 Å². The van der Waals surface area contributed by atoms with Gasteiger partial charge in [-0.2, -0.15) is 0 Å². The quantitative estimate of drug-likeness (QED) is 0.787. The smallest absolute Gasteiger partial charge is 0.225 e. The number of hydrogen-bond acceptors (Lipinski definition) is 3. The van der Waals surface area contributed by atoms with Crippen molar-refractivity contribution in [2.75, 3.05) is 37.6 Å². The molecule has 1 aliphatic carbocycles. The number of likely N-dealkylation sites (N-methyl/N-ethyl adjacent to an activating group) is 1. The first-order valence-electron chi connectivity index (χ1n) is 9.44. The third kappa shape index (κ3) is 4.53. The van der Waals surface area contributed by atoms with Gasteiger partial charge >= 0.3 is 0 Å². The molecule has 25 heavy (non-hydrogen) atoms. The summed E-state index contributed by atoms with van der Waals surface area (Å²) in [6.07, 6.45) is 2.83. The summed E-state index contributed by atoms with van der Waals surface area (Å²) in [5.74, 6) is 0.660. The molecule has 0 spiro atoms. The van der Waals surface area contributed by atoms with Gasteiger partial charge in [0.05, 0.1) is 5.92 Å². The summed E-state index contributed by atoms with van der Waals surface area (Å²) >= 11 is 0. The topological polar surface area (TPSA) is 52.7 Å². The largest absolute Gasteiger partial charge is 0.370 e. The van der Waals surface area contributed by atoms with Crippen LogP contribution in [-0.2, 0) is 9.59 Å². The summed E-state index contributed by atoms with van der Waals surface area (Å²) in [6, 6.07) is 8.31. The van der Waals surface area contributed by atoms with Crippen molar-refractivity contribution in [2.45, 2.75) is 33.1 Å². The molecule has 2 aliphatic rings. The third-order valence-electron chi connectivity index (χ3n) is 5.28. The van der Waals surface area contributed by atoms with Gasteiger partial charge < -0.3 is 15.1 Å². The number of nitrogens with one attached hydrogen (secondary N) is 1. The minimum absolute atomic E-state index is 0.0208. The Hall–Kier alpha value is -2.04. The van der Waals surface area contributed by atoms with Crippen LogP contribution in [0.25, 0.3) is 0 Å². The molecule has 1 atom stereocenters. The second-order valence-corrected chi connectivity index (χ2v) is 7.30. The van der Waals surface area contributed by atoms with Gasteiger partial charge in [0, 0.05) is 44.8 Å². The summed E-state index contributed by atoms with van der Waals surface area (Å²) in [4.78, 5) is 28.6. The molecule has 0 bridgehead atoms. The average molecular weight is 343 g/mol. The summed E-state index contributed by atoms with van der Waals surface area (Å²) < 4.78 is 0. The highest BCUT2D eigenvalue weighted by atomic mass is 16.2. The van der Waals surface area contributed by atoms with E-state index in [1.54, 1.807) is 0 Å². The number of rotatable bonds is 8. The lowest BCUT2D eigenvalue weighted by Crippen LogP contribution is -2.39. The van der Waals surface area contributed by atoms with Gasteiger partial charge in [-0.25, -0.2) is 0 Å². The van der Waals surface area contributed by atoms with E-state index < -0.39 is 0 Å². The number of carbonyl (C=O) groups excluding carboxylic acids is 2. The Morgan fingerprint density at radius 3 is 2.76 bits per heavy atom. The summed E-state index contributed by atoms with van der Waals surface area (Å²) in [5.41, 5.74) is 2.46. The molecule has 0 aromatic heterocycles. The van der Waals surface area contributed by atoms with Gasteiger partial charge in [-0.05, 0) is 44.2 Å². The van der Waals surface area contributed by atoms with Crippen LogP contribution in [0, 0.1) is 18.8 Å². The van der Waals surface area contributed by atoms with Crippen LogP contribution in [-0.4, -0.2) is 49.4 Å². The lowest BCUT2D eigenvalue weighted by atomic mass is 10.1. The summed E-state index contributed by atoms with van der Waals surface area (Å²) in [7, 11) is 0. The van der Waals surface area contributed by atoms with E-state index >= 15 is 0 Å². The molecule has 2 amide bonds. The number of aryl methyl sites for hydroxylation is 1. The molecule has 1 saturated carbocycles. The third-order valence-corrected chi connectivity index (χ3v) is 5.28. The van der Waals surface area contributed by atoms with E-state index in [4.69, 9.17) is 0 Å². The molecule has 1 saturated heterocycles. The standard InChI is InChI=1S/C20H29N3O2/c1-3-22(18-7-5-4-6-15(18)2)11-10-21-20(25)17-12-19(24)23(14-17)13-16-8-9-16/h4-7,16-17H,3,8-14H2,1-2H3,(H,21,25). The summed E-state index contributed by atoms with van der Waals surface area (Å²) in [5, 5.41) is 3.03. The number of benzene rings is 1. The van der Waals surface area contributed by atoms with E-state index in [1.807, 2.05) is 17.0 Å². The van der Waals surface area contributed by atoms with Crippen LogP contribution in [0.5, 0.6) is 0 Å². The first-order valence-corrected chi connectivity index (χ1v) is 9.44. The van der Waals surface area contributed by atoms with E-state index in [1.165, 1.54) is 24.1 Å². The molecule has 1 heterocycles. The molecule has 1 unspecified atom stereocenters. The van der Waals surface area contributed by atoms with Gasteiger partial charge in [0.2, 0.25) is 11.8 Å². The summed E-state index contributed by atoms with van der Waals surface area (Å²) in [6.45, 7) is 7.95. The maximum absolute atomic E-state index is 12.4. The van der Waals surface area contributed by atoms with Gasteiger partial charge in [0.1, 0.15) is 0 Å². The van der Waals surface area contributed by atoms with Crippen LogP contribution in [0.1, 0.15) is 31.7 Å². The van der Waals surface area contributed by atoms with Crippen molar-refractivity contribution in [1.82, 2.24) is 10.2 Å². The van der Waals surface area contributed by atoms with Crippen LogP contribution in [0.3, 0.4) is 0 Å². The SMILES string of the molecule is CCN(CCNC(=O)C1CC(=O)N(CC2CC2)C1)c1ccccc1C. The van der Waals surface area contributed by atoms with Crippen molar-refractivity contribution < 1.29 is 9.59 Å². The van der Waals surface area contributed by atoms with E-state index in [-0.39, 0.29) is 17.7 Å². The Balaban J connectivity index is 1.45. The second kappa shape index (κ2) is 7.89. The number of nitrogens with zero attached hydrogens (tertiary/aromatic N) is 2. The Morgan fingerprint density at radius 1 is 1.32 bits per heavy atom. The lowest BCUT2D eigenvalue weighted by molar-refractivity contribution is -0.129. The number of anilines is 1. The zero-order chi connectivity index (χ0) is 17.8.